The lowest BCUT2D eigenvalue weighted by Gasteiger charge is -2.34. The molecule has 2 heterocycles. The third-order valence-corrected chi connectivity index (χ3v) is 4.26. The van der Waals surface area contributed by atoms with Gasteiger partial charge in [0.05, 0.1) is 6.04 Å². The van der Waals surface area contributed by atoms with Crippen LogP contribution >= 0.6 is 0 Å². The minimum atomic E-state index is -0.251. The van der Waals surface area contributed by atoms with Gasteiger partial charge in [0.25, 0.3) is 0 Å². The van der Waals surface area contributed by atoms with Crippen LogP contribution in [0.1, 0.15) is 37.5 Å². The molecule has 0 N–H and O–H groups in total. The molecule has 0 radical (unpaired) electrons. The van der Waals surface area contributed by atoms with Gasteiger partial charge in [-0.1, -0.05) is 5.16 Å². The van der Waals surface area contributed by atoms with Crippen LogP contribution in [0.4, 0.5) is 4.39 Å². The van der Waals surface area contributed by atoms with Gasteiger partial charge in [0.2, 0.25) is 5.89 Å². The SMILES string of the molecule is COCc1noc([C@H](C)N2CCC(Oc3ccc(F)cc3)CC2)n1. The van der Waals surface area contributed by atoms with E-state index in [1.165, 1.54) is 12.1 Å². The molecule has 1 fully saturated rings. The van der Waals surface area contributed by atoms with Crippen molar-refractivity contribution in [3.05, 3.63) is 41.8 Å². The first kappa shape index (κ1) is 16.9. The highest BCUT2D eigenvalue weighted by Crippen LogP contribution is 2.25. The lowest BCUT2D eigenvalue weighted by atomic mass is 10.1. The topological polar surface area (TPSA) is 60.6 Å². The number of likely N-dealkylation sites (tertiary alicyclic amines) is 1. The number of hydrogen-bond donors (Lipinski definition) is 0. The van der Waals surface area contributed by atoms with E-state index >= 15 is 0 Å². The van der Waals surface area contributed by atoms with E-state index in [-0.39, 0.29) is 18.0 Å². The van der Waals surface area contributed by atoms with Crippen LogP contribution in [0.15, 0.2) is 28.8 Å². The van der Waals surface area contributed by atoms with Crippen molar-refractivity contribution < 1.29 is 18.4 Å². The Hall–Kier alpha value is -1.99. The zero-order valence-corrected chi connectivity index (χ0v) is 13.9. The average molecular weight is 335 g/mol. The van der Waals surface area contributed by atoms with E-state index in [0.717, 1.165) is 25.9 Å². The zero-order valence-electron chi connectivity index (χ0n) is 13.9. The molecule has 0 aliphatic carbocycles. The summed E-state index contributed by atoms with van der Waals surface area (Å²) in [6, 6.07) is 6.23. The van der Waals surface area contributed by atoms with Gasteiger partial charge in [-0.25, -0.2) is 4.39 Å². The second-order valence-electron chi connectivity index (χ2n) is 5.96. The van der Waals surface area contributed by atoms with E-state index in [1.54, 1.807) is 19.2 Å². The summed E-state index contributed by atoms with van der Waals surface area (Å²) in [5, 5.41) is 3.91. The van der Waals surface area contributed by atoms with Gasteiger partial charge >= 0.3 is 0 Å². The van der Waals surface area contributed by atoms with E-state index in [9.17, 15) is 4.39 Å². The molecule has 1 atom stereocenters. The number of nitrogens with zero attached hydrogens (tertiary/aromatic N) is 3. The van der Waals surface area contributed by atoms with Crippen LogP contribution in [0, 0.1) is 5.82 Å². The number of halogens is 1. The summed E-state index contributed by atoms with van der Waals surface area (Å²) in [6.45, 7) is 4.18. The number of ether oxygens (including phenoxy) is 2. The molecule has 3 rings (SSSR count). The van der Waals surface area contributed by atoms with Gasteiger partial charge in [-0.3, -0.25) is 4.90 Å². The van der Waals surface area contributed by atoms with Gasteiger partial charge < -0.3 is 14.0 Å². The van der Waals surface area contributed by atoms with E-state index in [1.807, 2.05) is 0 Å². The van der Waals surface area contributed by atoms with Crippen molar-refractivity contribution >= 4 is 0 Å². The smallest absolute Gasteiger partial charge is 0.243 e. The maximum Gasteiger partial charge on any atom is 0.243 e. The van der Waals surface area contributed by atoms with Crippen LogP contribution in [0.2, 0.25) is 0 Å². The molecule has 0 bridgehead atoms. The van der Waals surface area contributed by atoms with Crippen molar-refractivity contribution in [1.82, 2.24) is 15.0 Å². The Morgan fingerprint density at radius 1 is 1.29 bits per heavy atom. The fourth-order valence-corrected chi connectivity index (χ4v) is 2.87. The van der Waals surface area contributed by atoms with Gasteiger partial charge in [-0.2, -0.15) is 4.98 Å². The quantitative estimate of drug-likeness (QED) is 0.809. The van der Waals surface area contributed by atoms with Crippen LogP contribution in [0.3, 0.4) is 0 Å². The Morgan fingerprint density at radius 2 is 2.00 bits per heavy atom. The van der Waals surface area contributed by atoms with Crippen molar-refractivity contribution in [1.29, 1.82) is 0 Å². The van der Waals surface area contributed by atoms with Gasteiger partial charge in [0, 0.05) is 20.2 Å². The summed E-state index contributed by atoms with van der Waals surface area (Å²) in [7, 11) is 1.60. The lowest BCUT2D eigenvalue weighted by molar-refractivity contribution is 0.0700. The molecule has 6 nitrogen and oxygen atoms in total. The normalized spacial score (nSPS) is 17.8. The maximum absolute atomic E-state index is 12.9. The van der Waals surface area contributed by atoms with E-state index < -0.39 is 0 Å². The van der Waals surface area contributed by atoms with Crippen LogP contribution in [0.25, 0.3) is 0 Å². The molecule has 1 aliphatic rings. The Balaban J connectivity index is 1.51. The van der Waals surface area contributed by atoms with Crippen molar-refractivity contribution in [2.75, 3.05) is 20.2 Å². The minimum Gasteiger partial charge on any atom is -0.490 e. The molecular weight excluding hydrogens is 313 g/mol. The average Bonchev–Trinajstić information content (AvgIpc) is 3.06. The summed E-state index contributed by atoms with van der Waals surface area (Å²) in [6.07, 6.45) is 1.95. The lowest BCUT2D eigenvalue weighted by Crippen LogP contribution is -2.39. The van der Waals surface area contributed by atoms with Crippen LogP contribution in [-0.2, 0) is 11.3 Å². The first-order chi connectivity index (χ1) is 11.7. The fraction of sp³-hybridized carbons (Fsp3) is 0.529. The third-order valence-electron chi connectivity index (χ3n) is 4.26. The Bertz CT molecular complexity index is 639. The predicted octanol–water partition coefficient (Wildman–Crippen LogP) is 2.96. The number of piperidine rings is 1. The second-order valence-corrected chi connectivity index (χ2v) is 5.96. The van der Waals surface area contributed by atoms with Crippen molar-refractivity contribution in [3.63, 3.8) is 0 Å². The number of rotatable bonds is 6. The van der Waals surface area contributed by atoms with Crippen molar-refractivity contribution in [2.24, 2.45) is 0 Å². The first-order valence-corrected chi connectivity index (χ1v) is 8.13. The molecule has 130 valence electrons. The van der Waals surface area contributed by atoms with Crippen LogP contribution in [-0.4, -0.2) is 41.3 Å². The summed E-state index contributed by atoms with van der Waals surface area (Å²) in [4.78, 5) is 6.66. The van der Waals surface area contributed by atoms with Crippen LogP contribution < -0.4 is 4.74 Å². The van der Waals surface area contributed by atoms with Gasteiger partial charge in [0.1, 0.15) is 24.3 Å². The molecule has 1 saturated heterocycles. The molecule has 1 aromatic carbocycles. The molecule has 1 aliphatic heterocycles. The summed E-state index contributed by atoms with van der Waals surface area (Å²) in [5.41, 5.74) is 0. The largest absolute Gasteiger partial charge is 0.490 e. The standard InChI is InChI=1S/C17H22FN3O3/c1-12(17-19-16(11-22-2)20-24-17)21-9-7-15(8-10-21)23-14-5-3-13(18)4-6-14/h3-6,12,15H,7-11H2,1-2H3/t12-/m0/s1. The Kier molecular flexibility index (Phi) is 5.42. The number of hydrogen-bond acceptors (Lipinski definition) is 6. The third kappa shape index (κ3) is 4.10. The molecule has 24 heavy (non-hydrogen) atoms. The first-order valence-electron chi connectivity index (χ1n) is 8.13. The number of benzene rings is 1. The van der Waals surface area contributed by atoms with E-state index in [0.29, 0.717) is 24.1 Å². The maximum atomic E-state index is 12.9. The monoisotopic (exact) mass is 335 g/mol. The summed E-state index contributed by atoms with van der Waals surface area (Å²) < 4.78 is 29.2. The van der Waals surface area contributed by atoms with Gasteiger partial charge in [-0.15, -0.1) is 0 Å². The Morgan fingerprint density at radius 3 is 2.67 bits per heavy atom. The minimum absolute atomic E-state index is 0.0647. The zero-order chi connectivity index (χ0) is 16.9. The van der Waals surface area contributed by atoms with Crippen LogP contribution in [0.5, 0.6) is 5.75 Å². The number of aromatic nitrogens is 2. The highest BCUT2D eigenvalue weighted by Gasteiger charge is 2.27. The highest BCUT2D eigenvalue weighted by molar-refractivity contribution is 5.22. The Labute approximate surface area is 140 Å². The molecule has 0 spiro atoms. The molecule has 2 aromatic rings. The molecule has 0 saturated carbocycles. The molecule has 1 aromatic heterocycles. The number of methoxy groups -OCH3 is 1. The van der Waals surface area contributed by atoms with Gasteiger partial charge in [-0.05, 0) is 44.0 Å². The predicted molar refractivity (Wildman–Crippen MR) is 85.0 cm³/mol. The summed E-state index contributed by atoms with van der Waals surface area (Å²) in [5.74, 6) is 1.64. The second kappa shape index (κ2) is 7.72. The molecule has 0 amide bonds. The fourth-order valence-electron chi connectivity index (χ4n) is 2.87. The van der Waals surface area contributed by atoms with E-state index in [4.69, 9.17) is 14.0 Å². The molecule has 0 unspecified atom stereocenters. The molecular formula is C17H22FN3O3. The van der Waals surface area contributed by atoms with Gasteiger partial charge in [0.15, 0.2) is 5.82 Å². The van der Waals surface area contributed by atoms with Crippen molar-refractivity contribution in [2.45, 2.75) is 38.5 Å². The highest BCUT2D eigenvalue weighted by atomic mass is 19.1. The van der Waals surface area contributed by atoms with Crippen molar-refractivity contribution in [3.8, 4) is 5.75 Å². The molecule has 7 heteroatoms. The van der Waals surface area contributed by atoms with E-state index in [2.05, 4.69) is 22.0 Å². The summed E-state index contributed by atoms with van der Waals surface area (Å²) >= 11 is 0.